The molecule has 0 radical (unpaired) electrons. The molecular formula is C51H78N6O6. The molecular weight excluding hydrogens is 793 g/mol. The first kappa shape index (κ1) is 41.4. The molecule has 0 N–H and O–H groups in total. The Balaban J connectivity index is 0.827. The fourth-order valence-electron chi connectivity index (χ4n) is 16.7. The van der Waals surface area contributed by atoms with Crippen molar-refractivity contribution in [3.05, 3.63) is 0 Å². The quantitative estimate of drug-likeness (QED) is 0.110. The summed E-state index contributed by atoms with van der Waals surface area (Å²) in [6.07, 6.45) is 32.5. The lowest BCUT2D eigenvalue weighted by Gasteiger charge is -2.33. The number of hydrogen-bond donors (Lipinski definition) is 0. The van der Waals surface area contributed by atoms with Gasteiger partial charge in [-0.3, -0.25) is 14.7 Å². The zero-order valence-electron chi connectivity index (χ0n) is 38.2. The Morgan fingerprint density at radius 1 is 0.270 bits per heavy atom. The number of nitrogens with zero attached hydrogens (tertiary/aromatic N) is 6. The molecule has 0 saturated heterocycles. The maximum Gasteiger partial charge on any atom is 0.235 e. The maximum atomic E-state index is 6.92. The molecule has 0 aromatic carbocycles. The number of anilines is 3. The Bertz CT molecular complexity index is 1460. The third-order valence-corrected chi connectivity index (χ3v) is 20.2. The summed E-state index contributed by atoms with van der Waals surface area (Å²) >= 11 is 0. The van der Waals surface area contributed by atoms with Crippen LogP contribution >= 0.6 is 0 Å². The van der Waals surface area contributed by atoms with E-state index in [0.717, 1.165) is 35.5 Å². The molecule has 12 saturated carbocycles. The summed E-state index contributed by atoms with van der Waals surface area (Å²) in [4.78, 5) is 22.8. The smallest absolute Gasteiger partial charge is 0.235 e. The van der Waals surface area contributed by atoms with E-state index in [4.69, 9.17) is 43.4 Å². The maximum absolute atomic E-state index is 6.92. The average molecular weight is 871 g/mol. The molecule has 12 fully saturated rings. The van der Waals surface area contributed by atoms with E-state index in [9.17, 15) is 0 Å². The summed E-state index contributed by atoms with van der Waals surface area (Å²) in [5.74, 6) is 10.7. The molecule has 1 aromatic rings. The van der Waals surface area contributed by atoms with Gasteiger partial charge >= 0.3 is 0 Å². The Labute approximate surface area is 376 Å². The lowest BCUT2D eigenvalue weighted by Crippen LogP contribution is -2.40. The number of rotatable bonds is 21. The van der Waals surface area contributed by atoms with Crippen molar-refractivity contribution in [3.8, 4) is 0 Å². The van der Waals surface area contributed by atoms with Gasteiger partial charge in [-0.05, 0) is 225 Å². The monoisotopic (exact) mass is 871 g/mol. The van der Waals surface area contributed by atoms with Crippen LogP contribution < -0.4 is 14.7 Å². The number of aromatic nitrogens is 3. The second-order valence-corrected chi connectivity index (χ2v) is 23.9. The first-order chi connectivity index (χ1) is 31.0. The van der Waals surface area contributed by atoms with Crippen LogP contribution in [0.25, 0.3) is 0 Å². The average Bonchev–Trinajstić information content (AvgIpc) is 4.16. The van der Waals surface area contributed by atoms with E-state index >= 15 is 0 Å². The van der Waals surface area contributed by atoms with E-state index in [0.29, 0.717) is 93.7 Å². The molecule has 18 unspecified atom stereocenters. The molecule has 1 aromatic heterocycles. The molecule has 12 aliphatic rings. The predicted molar refractivity (Wildman–Crippen MR) is 238 cm³/mol. The van der Waals surface area contributed by atoms with Crippen molar-refractivity contribution in [2.24, 2.45) is 71.0 Å². The Morgan fingerprint density at radius 2 is 0.460 bits per heavy atom. The van der Waals surface area contributed by atoms with E-state index in [1.54, 1.807) is 0 Å². The number of fused-ring (bicyclic) bond motifs is 12. The van der Waals surface area contributed by atoms with Crippen molar-refractivity contribution < 1.29 is 28.4 Å². The zero-order valence-corrected chi connectivity index (χ0v) is 38.2. The van der Waals surface area contributed by atoms with Crippen molar-refractivity contribution >= 4 is 17.8 Å². The lowest BCUT2D eigenvalue weighted by molar-refractivity contribution is -0.0202. The van der Waals surface area contributed by atoms with Gasteiger partial charge in [-0.2, -0.15) is 15.0 Å². The van der Waals surface area contributed by atoms with Gasteiger partial charge in [0.25, 0.3) is 0 Å². The number of hydrogen-bond acceptors (Lipinski definition) is 12. The van der Waals surface area contributed by atoms with Crippen LogP contribution in [0.2, 0.25) is 0 Å². The van der Waals surface area contributed by atoms with Crippen LogP contribution in [0.15, 0.2) is 0 Å². The minimum atomic E-state index is 0.290. The molecule has 0 spiro atoms. The first-order valence-electron chi connectivity index (χ1n) is 26.8. The summed E-state index contributed by atoms with van der Waals surface area (Å²) < 4.78 is 41.5. The van der Waals surface area contributed by atoms with Gasteiger partial charge in [-0.15, -0.1) is 0 Å². The molecule has 12 aliphatic carbocycles. The molecule has 18 atom stereocenters. The Hall–Kier alpha value is -1.83. The van der Waals surface area contributed by atoms with Crippen molar-refractivity contribution in [1.82, 2.24) is 15.0 Å². The van der Waals surface area contributed by atoms with Crippen molar-refractivity contribution in [3.63, 3.8) is 0 Å². The fourth-order valence-corrected chi connectivity index (χ4v) is 16.7. The van der Waals surface area contributed by atoms with Crippen molar-refractivity contribution in [1.29, 1.82) is 0 Å². The van der Waals surface area contributed by atoms with Gasteiger partial charge in [0.15, 0.2) is 0 Å². The van der Waals surface area contributed by atoms with Gasteiger partial charge in [0, 0.05) is 0 Å². The standard InChI is InChI=1S/C51H78N6O6/c1-7-37-13-31(1)19-43(37)58-25-55(26-59-44-20-32-2-8-38(44)14-32)49-52-50(56(27-60-45-21-33-3-9-39(45)15-33)28-61-46-22-34-4-10-40(46)16-34)54-51(53-49)57(29-62-47-23-35-5-11-41(47)17-35)30-63-48-24-36-6-12-42(48)18-36/h31-48H,1-30H2. The van der Waals surface area contributed by atoms with Gasteiger partial charge < -0.3 is 28.4 Å². The second kappa shape index (κ2) is 17.7. The van der Waals surface area contributed by atoms with E-state index in [-0.39, 0.29) is 36.6 Å². The SMILES string of the molecule is C1CC2CC1CC2OCN(COC1CC2CCC1C2)c1nc(N(COC2CC3CCC2C3)COC2CC3CCC2C3)nc(N(COC2CC3CCC2C3)COC2CC3CCC2C3)n1. The summed E-state index contributed by atoms with van der Waals surface area (Å²) in [5, 5.41) is 0. The summed E-state index contributed by atoms with van der Waals surface area (Å²) in [6, 6.07) is 0. The predicted octanol–water partition coefficient (Wildman–Crippen LogP) is 9.27. The highest BCUT2D eigenvalue weighted by molar-refractivity contribution is 5.46. The highest BCUT2D eigenvalue weighted by atomic mass is 16.5. The van der Waals surface area contributed by atoms with Crippen molar-refractivity contribution in [2.45, 2.75) is 191 Å². The third-order valence-electron chi connectivity index (χ3n) is 20.2. The van der Waals surface area contributed by atoms with Gasteiger partial charge in [0.1, 0.15) is 40.4 Å². The third kappa shape index (κ3) is 8.57. The molecule has 13 rings (SSSR count). The van der Waals surface area contributed by atoms with E-state index in [2.05, 4.69) is 14.7 Å². The lowest BCUT2D eigenvalue weighted by atomic mass is 9.98. The highest BCUT2D eigenvalue weighted by Crippen LogP contribution is 2.50. The van der Waals surface area contributed by atoms with Crippen LogP contribution in [0.5, 0.6) is 0 Å². The van der Waals surface area contributed by atoms with Gasteiger partial charge in [-0.25, -0.2) is 0 Å². The second-order valence-electron chi connectivity index (χ2n) is 23.9. The molecule has 0 aliphatic heterocycles. The Morgan fingerprint density at radius 3 is 0.603 bits per heavy atom. The highest BCUT2D eigenvalue weighted by Gasteiger charge is 2.46. The van der Waals surface area contributed by atoms with Crippen molar-refractivity contribution in [2.75, 3.05) is 55.1 Å². The minimum Gasteiger partial charge on any atom is -0.357 e. The molecule has 12 bridgehead atoms. The fraction of sp³-hybridized carbons (Fsp3) is 0.941. The minimum absolute atomic E-state index is 0.290. The van der Waals surface area contributed by atoms with Gasteiger partial charge in [0.2, 0.25) is 17.8 Å². The topological polar surface area (TPSA) is 104 Å². The largest absolute Gasteiger partial charge is 0.357 e. The Kier molecular flexibility index (Phi) is 11.6. The number of ether oxygens (including phenoxy) is 6. The van der Waals surface area contributed by atoms with E-state index in [1.807, 2.05) is 0 Å². The van der Waals surface area contributed by atoms with Gasteiger partial charge in [0.05, 0.1) is 36.6 Å². The van der Waals surface area contributed by atoms with E-state index < -0.39 is 0 Å². The molecule has 12 nitrogen and oxygen atoms in total. The molecule has 0 amide bonds. The normalized spacial score (nSPS) is 44.4. The van der Waals surface area contributed by atoms with Crippen LogP contribution in [0.1, 0.15) is 154 Å². The molecule has 348 valence electrons. The summed E-state index contributed by atoms with van der Waals surface area (Å²) in [7, 11) is 0. The molecule has 1 heterocycles. The molecule has 63 heavy (non-hydrogen) atoms. The van der Waals surface area contributed by atoms with Crippen LogP contribution in [0, 0.1) is 71.0 Å². The van der Waals surface area contributed by atoms with Crippen LogP contribution in [-0.4, -0.2) is 92.0 Å². The van der Waals surface area contributed by atoms with Crippen LogP contribution in [-0.2, 0) is 28.4 Å². The van der Waals surface area contributed by atoms with Gasteiger partial charge in [-0.1, -0.05) is 0 Å². The first-order valence-corrected chi connectivity index (χ1v) is 26.8. The van der Waals surface area contributed by atoms with Crippen LogP contribution in [0.3, 0.4) is 0 Å². The van der Waals surface area contributed by atoms with Crippen LogP contribution in [0.4, 0.5) is 17.8 Å². The zero-order chi connectivity index (χ0) is 41.4. The summed E-state index contributed by atoms with van der Waals surface area (Å²) in [6.45, 7) is 2.44. The van der Waals surface area contributed by atoms with E-state index in [1.165, 1.54) is 154 Å². The summed E-state index contributed by atoms with van der Waals surface area (Å²) in [5.41, 5.74) is 0. The molecule has 12 heteroatoms.